The van der Waals surface area contributed by atoms with Gasteiger partial charge in [0.1, 0.15) is 5.84 Å². The second-order valence-electron chi connectivity index (χ2n) is 8.68. The van der Waals surface area contributed by atoms with Gasteiger partial charge in [-0.1, -0.05) is 109 Å². The van der Waals surface area contributed by atoms with Crippen LogP contribution < -0.4 is 21.6 Å². The minimum atomic E-state index is 0.471. The van der Waals surface area contributed by atoms with E-state index in [0.29, 0.717) is 5.84 Å². The van der Waals surface area contributed by atoms with Crippen LogP contribution in [0.1, 0.15) is 35.1 Å². The maximum atomic E-state index is 6.57. The molecule has 0 heterocycles. The molecule has 0 bridgehead atoms. The van der Waals surface area contributed by atoms with Gasteiger partial charge in [-0.05, 0) is 48.6 Å². The standard InChI is InChI=1S/C31H31N3/c1-21-13-17-25(18-14-21)24(4)28-11-7-8-12-29(28)31(32)34-33-30(26-19-15-22(2)16-20-26)27-10-6-5-9-23(27)3/h5-7,9-11,13-20,33H,3-4,8,12H2,1-2H3,(H2,32,34)/b30-27-. The minimum absolute atomic E-state index is 0.471. The van der Waals surface area contributed by atoms with E-state index in [1.807, 2.05) is 24.3 Å². The van der Waals surface area contributed by atoms with Crippen LogP contribution in [0.3, 0.4) is 0 Å². The fourth-order valence-corrected chi connectivity index (χ4v) is 4.07. The largest absolute Gasteiger partial charge is 0.382 e. The van der Waals surface area contributed by atoms with Crippen LogP contribution in [0.15, 0.2) is 108 Å². The average molecular weight is 446 g/mol. The van der Waals surface area contributed by atoms with Crippen molar-refractivity contribution in [1.82, 2.24) is 5.43 Å². The number of nitrogens with two attached hydrogens (primary N) is 1. The number of amidine groups is 1. The summed E-state index contributed by atoms with van der Waals surface area (Å²) >= 11 is 0. The van der Waals surface area contributed by atoms with E-state index in [0.717, 1.165) is 56.8 Å². The molecule has 0 atom stereocenters. The van der Waals surface area contributed by atoms with Crippen molar-refractivity contribution in [2.24, 2.45) is 10.8 Å². The molecule has 3 heteroatoms. The van der Waals surface area contributed by atoms with Crippen molar-refractivity contribution in [3.8, 4) is 0 Å². The van der Waals surface area contributed by atoms with Gasteiger partial charge in [-0.25, -0.2) is 0 Å². The molecule has 0 spiro atoms. The van der Waals surface area contributed by atoms with Crippen LogP contribution in [0.5, 0.6) is 0 Å². The first-order chi connectivity index (χ1) is 16.4. The maximum absolute atomic E-state index is 6.57. The van der Waals surface area contributed by atoms with Gasteiger partial charge in [-0.15, -0.1) is 0 Å². The van der Waals surface area contributed by atoms with E-state index >= 15 is 0 Å². The number of aryl methyl sites for hydroxylation is 2. The average Bonchev–Trinajstić information content (AvgIpc) is 2.86. The summed E-state index contributed by atoms with van der Waals surface area (Å²) in [7, 11) is 0. The predicted octanol–water partition coefficient (Wildman–Crippen LogP) is 5.09. The van der Waals surface area contributed by atoms with Gasteiger partial charge < -0.3 is 5.73 Å². The molecule has 0 amide bonds. The Kier molecular flexibility index (Phi) is 6.93. The van der Waals surface area contributed by atoms with Gasteiger partial charge in [-0.2, -0.15) is 5.10 Å². The number of nitrogens with one attached hydrogen (secondary N) is 1. The quantitative estimate of drug-likeness (QED) is 0.315. The molecular formula is C31H31N3. The highest BCUT2D eigenvalue weighted by Crippen LogP contribution is 2.30. The summed E-state index contributed by atoms with van der Waals surface area (Å²) in [4.78, 5) is 0. The second kappa shape index (κ2) is 10.2. The van der Waals surface area contributed by atoms with Crippen LogP contribution in [0.25, 0.3) is 17.8 Å². The summed E-state index contributed by atoms with van der Waals surface area (Å²) in [5.74, 6) is 0.471. The van der Waals surface area contributed by atoms with Crippen LogP contribution in [-0.2, 0) is 0 Å². The Morgan fingerprint density at radius 2 is 1.50 bits per heavy atom. The van der Waals surface area contributed by atoms with Crippen molar-refractivity contribution in [2.45, 2.75) is 26.7 Å². The van der Waals surface area contributed by atoms with Crippen molar-refractivity contribution in [3.63, 3.8) is 0 Å². The number of rotatable bonds is 6. The molecule has 0 unspecified atom stereocenters. The fourth-order valence-electron chi connectivity index (χ4n) is 4.07. The third kappa shape index (κ3) is 5.10. The molecule has 170 valence electrons. The second-order valence-corrected chi connectivity index (χ2v) is 8.68. The number of hydrogen-bond acceptors (Lipinski definition) is 2. The molecular weight excluding hydrogens is 414 g/mol. The molecule has 3 aromatic carbocycles. The van der Waals surface area contributed by atoms with Crippen molar-refractivity contribution in [2.75, 3.05) is 0 Å². The van der Waals surface area contributed by atoms with E-state index < -0.39 is 0 Å². The van der Waals surface area contributed by atoms with Crippen LogP contribution >= 0.6 is 0 Å². The van der Waals surface area contributed by atoms with Gasteiger partial charge >= 0.3 is 0 Å². The van der Waals surface area contributed by atoms with Crippen molar-refractivity contribution >= 4 is 23.7 Å². The zero-order chi connectivity index (χ0) is 24.1. The first kappa shape index (κ1) is 23.1. The Morgan fingerprint density at radius 1 is 0.882 bits per heavy atom. The smallest absolute Gasteiger partial charge is 0.147 e. The highest BCUT2D eigenvalue weighted by Gasteiger charge is 2.16. The van der Waals surface area contributed by atoms with Crippen LogP contribution in [0.2, 0.25) is 0 Å². The van der Waals surface area contributed by atoms with Gasteiger partial charge in [0.05, 0.1) is 5.70 Å². The van der Waals surface area contributed by atoms with Gasteiger partial charge in [0, 0.05) is 16.4 Å². The summed E-state index contributed by atoms with van der Waals surface area (Å²) in [6.07, 6.45) is 6.02. The monoisotopic (exact) mass is 445 g/mol. The number of hydrogen-bond donors (Lipinski definition) is 2. The molecule has 4 rings (SSSR count). The molecule has 0 fully saturated rings. The highest BCUT2D eigenvalue weighted by atomic mass is 15.3. The molecule has 0 saturated carbocycles. The van der Waals surface area contributed by atoms with Crippen molar-refractivity contribution < 1.29 is 0 Å². The third-order valence-corrected chi connectivity index (χ3v) is 6.12. The van der Waals surface area contributed by atoms with Crippen LogP contribution in [-0.4, -0.2) is 5.84 Å². The predicted molar refractivity (Wildman–Crippen MR) is 145 cm³/mol. The van der Waals surface area contributed by atoms with E-state index in [2.05, 4.69) is 98.2 Å². The van der Waals surface area contributed by atoms with E-state index in [4.69, 9.17) is 5.73 Å². The Bertz CT molecular complexity index is 1400. The summed E-state index contributed by atoms with van der Waals surface area (Å²) in [5, 5.41) is 6.57. The molecule has 1 aliphatic carbocycles. The molecule has 34 heavy (non-hydrogen) atoms. The lowest BCUT2D eigenvalue weighted by molar-refractivity contribution is 0.945. The number of allylic oxidation sites excluding steroid dienone is 4. The number of nitrogens with zero attached hydrogens (tertiary/aromatic N) is 1. The Labute approximate surface area is 202 Å². The molecule has 0 radical (unpaired) electrons. The number of benzene rings is 3. The van der Waals surface area contributed by atoms with Crippen molar-refractivity contribution in [1.29, 1.82) is 0 Å². The van der Waals surface area contributed by atoms with E-state index in [-0.39, 0.29) is 0 Å². The van der Waals surface area contributed by atoms with Gasteiger partial charge in [0.15, 0.2) is 0 Å². The first-order valence-electron chi connectivity index (χ1n) is 11.5. The minimum Gasteiger partial charge on any atom is -0.382 e. The lowest BCUT2D eigenvalue weighted by Crippen LogP contribution is -2.31. The maximum Gasteiger partial charge on any atom is 0.147 e. The lowest BCUT2D eigenvalue weighted by Gasteiger charge is -2.18. The van der Waals surface area contributed by atoms with Crippen molar-refractivity contribution in [3.05, 3.63) is 135 Å². The van der Waals surface area contributed by atoms with E-state index in [9.17, 15) is 0 Å². The molecule has 0 saturated heterocycles. The molecule has 0 aromatic heterocycles. The van der Waals surface area contributed by atoms with Crippen LogP contribution in [0.4, 0.5) is 0 Å². The Balaban J connectivity index is 1.75. The molecule has 1 aliphatic rings. The SMILES string of the molecule is C=C(C1=C(/C(N)=N/N/C(c2ccc(C)cc2)=c2/ccccc2=C)CCC=C1)c1ccc(C)cc1. The van der Waals surface area contributed by atoms with Gasteiger partial charge in [0.2, 0.25) is 0 Å². The van der Waals surface area contributed by atoms with E-state index in [1.165, 1.54) is 11.1 Å². The topological polar surface area (TPSA) is 50.4 Å². The third-order valence-electron chi connectivity index (χ3n) is 6.12. The first-order valence-corrected chi connectivity index (χ1v) is 11.5. The lowest BCUT2D eigenvalue weighted by atomic mass is 9.89. The molecule has 3 nitrogen and oxygen atoms in total. The summed E-state index contributed by atoms with van der Waals surface area (Å²) in [5.41, 5.74) is 18.2. The summed E-state index contributed by atoms with van der Waals surface area (Å²) < 4.78 is 0. The van der Waals surface area contributed by atoms with Gasteiger partial charge in [0.25, 0.3) is 0 Å². The fraction of sp³-hybridized carbons (Fsp3) is 0.129. The zero-order valence-corrected chi connectivity index (χ0v) is 19.9. The highest BCUT2D eigenvalue weighted by molar-refractivity contribution is 6.02. The normalized spacial score (nSPS) is 14.7. The Morgan fingerprint density at radius 3 is 2.15 bits per heavy atom. The summed E-state index contributed by atoms with van der Waals surface area (Å²) in [6, 6.07) is 24.8. The molecule has 3 N–H and O–H groups in total. The zero-order valence-electron chi connectivity index (χ0n) is 19.9. The number of hydrazone groups is 1. The Hall–Kier alpha value is -4.11. The van der Waals surface area contributed by atoms with Gasteiger partial charge in [-0.3, -0.25) is 5.43 Å². The van der Waals surface area contributed by atoms with E-state index in [1.54, 1.807) is 0 Å². The summed E-state index contributed by atoms with van der Waals surface area (Å²) in [6.45, 7) is 12.7. The van der Waals surface area contributed by atoms with Crippen LogP contribution in [0, 0.1) is 13.8 Å². The molecule has 0 aliphatic heterocycles. The molecule has 3 aromatic rings.